The quantitative estimate of drug-likeness (QED) is 0.476. The molecule has 1 atom stereocenters. The van der Waals surface area contributed by atoms with Crippen LogP contribution in [0.15, 0.2) is 59.9 Å². The molecule has 1 aliphatic heterocycles. The predicted octanol–water partition coefficient (Wildman–Crippen LogP) is 4.49. The topological polar surface area (TPSA) is 48.9 Å². The molecule has 1 fully saturated rings. The third-order valence-electron chi connectivity index (χ3n) is 5.70. The molecule has 1 aromatic carbocycles. The number of aryl methyl sites for hydroxylation is 1. The van der Waals surface area contributed by atoms with E-state index in [9.17, 15) is 0 Å². The van der Waals surface area contributed by atoms with Crippen LogP contribution in [-0.2, 0) is 7.05 Å². The molecule has 6 heteroatoms. The number of benzene rings is 1. The molecule has 0 aliphatic carbocycles. The second-order valence-electron chi connectivity index (χ2n) is 7.51. The fraction of sp³-hybridized carbons (Fsp3) is 0.318. The first-order valence-corrected chi connectivity index (χ1v) is 10.7. The Morgan fingerprint density at radius 1 is 1.21 bits per heavy atom. The zero-order valence-electron chi connectivity index (χ0n) is 16.1. The van der Waals surface area contributed by atoms with Crippen LogP contribution in [0, 0.1) is 0 Å². The lowest BCUT2D eigenvalue weighted by molar-refractivity contribution is 0.249. The summed E-state index contributed by atoms with van der Waals surface area (Å²) in [4.78, 5) is 11.7. The molecule has 0 spiro atoms. The normalized spacial score (nSPS) is 16.3. The summed E-state index contributed by atoms with van der Waals surface area (Å²) in [5.41, 5.74) is 3.62. The molecule has 0 radical (unpaired) electrons. The maximum atomic E-state index is 4.58. The third kappa shape index (κ3) is 3.32. The Hall–Kier alpha value is -2.28. The molecule has 4 heterocycles. The molecule has 0 amide bonds. The molecule has 1 aliphatic rings. The van der Waals surface area contributed by atoms with Gasteiger partial charge in [-0.25, -0.2) is 4.98 Å². The molecule has 144 valence electrons. The molecule has 0 saturated carbocycles. The maximum absolute atomic E-state index is 4.58. The van der Waals surface area contributed by atoms with Gasteiger partial charge < -0.3 is 9.55 Å². The van der Waals surface area contributed by atoms with E-state index in [1.165, 1.54) is 52.7 Å². The number of aromatic amines is 1. The zero-order valence-corrected chi connectivity index (χ0v) is 16.9. The van der Waals surface area contributed by atoms with Crippen LogP contribution in [0.25, 0.3) is 21.9 Å². The lowest BCUT2D eigenvalue weighted by atomic mass is 10.1. The highest BCUT2D eigenvalue weighted by molar-refractivity contribution is 7.97. The fourth-order valence-electron chi connectivity index (χ4n) is 4.29. The van der Waals surface area contributed by atoms with E-state index in [-0.39, 0.29) is 0 Å². The molecule has 1 unspecified atom stereocenters. The summed E-state index contributed by atoms with van der Waals surface area (Å²) < 4.78 is 5.79. The molecule has 0 bridgehead atoms. The number of hydrogen-bond donors (Lipinski definition) is 2. The van der Waals surface area contributed by atoms with Gasteiger partial charge in [0.2, 0.25) is 0 Å². The van der Waals surface area contributed by atoms with Crippen molar-refractivity contribution in [2.75, 3.05) is 19.6 Å². The summed E-state index contributed by atoms with van der Waals surface area (Å²) in [5, 5.41) is 2.52. The van der Waals surface area contributed by atoms with Crippen LogP contribution in [0.1, 0.15) is 24.4 Å². The summed E-state index contributed by atoms with van der Waals surface area (Å²) in [6.45, 7) is 3.24. The van der Waals surface area contributed by atoms with Gasteiger partial charge in [-0.3, -0.25) is 9.62 Å². The Bertz CT molecular complexity index is 1090. The van der Waals surface area contributed by atoms with E-state index >= 15 is 0 Å². The third-order valence-corrected chi connectivity index (χ3v) is 6.50. The first-order chi connectivity index (χ1) is 13.8. The van der Waals surface area contributed by atoms with Crippen molar-refractivity contribution in [2.45, 2.75) is 23.8 Å². The van der Waals surface area contributed by atoms with Gasteiger partial charge in [-0.2, -0.15) is 0 Å². The molecular weight excluding hydrogens is 366 g/mol. The monoisotopic (exact) mass is 391 g/mol. The molecule has 28 heavy (non-hydrogen) atoms. The van der Waals surface area contributed by atoms with E-state index in [4.69, 9.17) is 0 Å². The number of fused-ring (bicyclic) bond motifs is 2. The van der Waals surface area contributed by atoms with E-state index in [2.05, 4.69) is 67.7 Å². The molecule has 5 rings (SSSR count). The van der Waals surface area contributed by atoms with Gasteiger partial charge in [0.05, 0.1) is 6.04 Å². The Kier molecular flexibility index (Phi) is 4.84. The van der Waals surface area contributed by atoms with Crippen LogP contribution in [-0.4, -0.2) is 39.1 Å². The van der Waals surface area contributed by atoms with Crippen LogP contribution in [0.3, 0.4) is 0 Å². The van der Waals surface area contributed by atoms with Gasteiger partial charge in [-0.05, 0) is 79.2 Å². The smallest absolute Gasteiger partial charge is 0.139 e. The van der Waals surface area contributed by atoms with Crippen molar-refractivity contribution in [3.63, 3.8) is 0 Å². The summed E-state index contributed by atoms with van der Waals surface area (Å²) in [6.07, 6.45) is 8.70. The SMILES string of the molecule is Cn1cc(C(CNSc2ccc3cc[nH]c3c2)N2CCCC2)c2cccnc21. The highest BCUT2D eigenvalue weighted by Crippen LogP contribution is 2.31. The van der Waals surface area contributed by atoms with Gasteiger partial charge in [0.15, 0.2) is 0 Å². The zero-order chi connectivity index (χ0) is 18.9. The van der Waals surface area contributed by atoms with Crippen molar-refractivity contribution in [1.82, 2.24) is 24.2 Å². The fourth-order valence-corrected chi connectivity index (χ4v) is 5.01. The minimum absolute atomic E-state index is 0.358. The van der Waals surface area contributed by atoms with E-state index < -0.39 is 0 Å². The second-order valence-corrected chi connectivity index (χ2v) is 8.47. The number of H-pyrrole nitrogens is 1. The van der Waals surface area contributed by atoms with Gasteiger partial charge in [-0.15, -0.1) is 0 Å². The van der Waals surface area contributed by atoms with E-state index in [0.717, 1.165) is 12.2 Å². The lowest BCUT2D eigenvalue weighted by Crippen LogP contribution is -2.32. The standard InChI is InChI=1S/C22H25N5S/c1-26-15-19(18-5-4-9-24-22(18)26)21(27-11-2-3-12-27)14-25-28-17-7-6-16-8-10-23-20(16)13-17/h4-10,13,15,21,23,25H,2-3,11-12,14H2,1H3. The second kappa shape index (κ2) is 7.62. The highest BCUT2D eigenvalue weighted by Gasteiger charge is 2.26. The van der Waals surface area contributed by atoms with Gasteiger partial charge >= 0.3 is 0 Å². The summed E-state index contributed by atoms with van der Waals surface area (Å²) in [7, 11) is 2.09. The lowest BCUT2D eigenvalue weighted by Gasteiger charge is -2.27. The number of aromatic nitrogens is 3. The number of nitrogens with zero attached hydrogens (tertiary/aromatic N) is 3. The minimum atomic E-state index is 0.358. The number of nitrogens with one attached hydrogen (secondary N) is 2. The first-order valence-electron chi connectivity index (χ1n) is 9.90. The summed E-state index contributed by atoms with van der Waals surface area (Å²) in [5.74, 6) is 0. The average Bonchev–Trinajstić information content (AvgIpc) is 3.46. The Balaban J connectivity index is 1.37. The Labute approximate surface area is 169 Å². The van der Waals surface area contributed by atoms with Crippen LogP contribution >= 0.6 is 11.9 Å². The van der Waals surface area contributed by atoms with Crippen molar-refractivity contribution in [1.29, 1.82) is 0 Å². The largest absolute Gasteiger partial charge is 0.361 e. The predicted molar refractivity (Wildman–Crippen MR) is 116 cm³/mol. The Morgan fingerprint density at radius 2 is 2.11 bits per heavy atom. The molecule has 3 aromatic heterocycles. The maximum Gasteiger partial charge on any atom is 0.139 e. The molecule has 5 nitrogen and oxygen atoms in total. The van der Waals surface area contributed by atoms with E-state index in [1.807, 2.05) is 18.5 Å². The molecule has 4 aromatic rings. The van der Waals surface area contributed by atoms with Gasteiger partial charge in [-0.1, -0.05) is 6.07 Å². The molecule has 1 saturated heterocycles. The van der Waals surface area contributed by atoms with Crippen molar-refractivity contribution in [3.8, 4) is 0 Å². The van der Waals surface area contributed by atoms with Crippen LogP contribution in [0.5, 0.6) is 0 Å². The summed E-state index contributed by atoms with van der Waals surface area (Å²) >= 11 is 1.71. The summed E-state index contributed by atoms with van der Waals surface area (Å²) in [6, 6.07) is 13.3. The van der Waals surface area contributed by atoms with E-state index in [1.54, 1.807) is 11.9 Å². The Morgan fingerprint density at radius 3 is 3.00 bits per heavy atom. The van der Waals surface area contributed by atoms with Crippen LogP contribution in [0.4, 0.5) is 0 Å². The van der Waals surface area contributed by atoms with Gasteiger partial charge in [0.25, 0.3) is 0 Å². The number of hydrogen-bond acceptors (Lipinski definition) is 4. The minimum Gasteiger partial charge on any atom is -0.361 e. The molecule has 2 N–H and O–H groups in total. The van der Waals surface area contributed by atoms with Crippen molar-refractivity contribution in [2.24, 2.45) is 7.05 Å². The van der Waals surface area contributed by atoms with Crippen LogP contribution < -0.4 is 4.72 Å². The number of likely N-dealkylation sites (tertiary alicyclic amines) is 1. The van der Waals surface area contributed by atoms with Crippen molar-refractivity contribution < 1.29 is 0 Å². The number of pyridine rings is 1. The van der Waals surface area contributed by atoms with E-state index in [0.29, 0.717) is 6.04 Å². The van der Waals surface area contributed by atoms with Gasteiger partial charge in [0.1, 0.15) is 5.65 Å². The number of rotatable bonds is 6. The first kappa shape index (κ1) is 17.8. The van der Waals surface area contributed by atoms with Crippen LogP contribution in [0.2, 0.25) is 0 Å². The average molecular weight is 392 g/mol. The highest BCUT2D eigenvalue weighted by atomic mass is 32.2. The molecular formula is C22H25N5S. The van der Waals surface area contributed by atoms with Crippen molar-refractivity contribution >= 4 is 33.9 Å². The van der Waals surface area contributed by atoms with Gasteiger partial charge in [0, 0.05) is 48.0 Å². The van der Waals surface area contributed by atoms with Crippen molar-refractivity contribution in [3.05, 3.63) is 60.6 Å².